The fourth-order valence-corrected chi connectivity index (χ4v) is 6.87. The summed E-state index contributed by atoms with van der Waals surface area (Å²) in [6.45, 7) is 14.1. The first-order chi connectivity index (χ1) is 10.9. The summed E-state index contributed by atoms with van der Waals surface area (Å²) in [5, 5.41) is -0.233. The van der Waals surface area contributed by atoms with Gasteiger partial charge < -0.3 is 13.8 Å². The predicted molar refractivity (Wildman–Crippen MR) is 99.6 cm³/mol. The van der Waals surface area contributed by atoms with Crippen LogP contribution in [0.2, 0.25) is 5.04 Å². The Morgan fingerprint density at radius 1 is 1.00 bits per heavy atom. The van der Waals surface area contributed by atoms with Crippen molar-refractivity contribution in [2.75, 3.05) is 18.2 Å². The van der Waals surface area contributed by atoms with Crippen molar-refractivity contribution in [3.05, 3.63) is 53.1 Å². The molecule has 1 aromatic rings. The fourth-order valence-electron chi connectivity index (χ4n) is 3.34. The van der Waals surface area contributed by atoms with E-state index in [1.54, 1.807) is 0 Å². The lowest BCUT2D eigenvalue weighted by molar-refractivity contribution is 0.175. The smallest absolute Gasteiger partial charge is 0.378 e. The van der Waals surface area contributed by atoms with E-state index in [0.29, 0.717) is 13.2 Å². The van der Waals surface area contributed by atoms with Gasteiger partial charge in [0.1, 0.15) is 0 Å². The zero-order valence-corrected chi connectivity index (χ0v) is 16.2. The van der Waals surface area contributed by atoms with E-state index in [1.165, 1.54) is 16.7 Å². The Morgan fingerprint density at radius 2 is 1.57 bits per heavy atom. The van der Waals surface area contributed by atoms with Gasteiger partial charge in [-0.2, -0.15) is 0 Å². The molecule has 0 aliphatic heterocycles. The van der Waals surface area contributed by atoms with E-state index in [-0.39, 0.29) is 5.04 Å². The second-order valence-electron chi connectivity index (χ2n) is 6.25. The molecule has 2 rings (SSSR count). The molecule has 1 N–H and O–H groups in total. The molecule has 0 fully saturated rings. The molecule has 0 amide bonds. The molecule has 0 bridgehead atoms. The molecule has 23 heavy (non-hydrogen) atoms. The molecular weight excluding hydrogens is 302 g/mol. The van der Waals surface area contributed by atoms with Gasteiger partial charge >= 0.3 is 8.72 Å². The monoisotopic (exact) mass is 331 g/mol. The van der Waals surface area contributed by atoms with Crippen LogP contribution in [0.25, 0.3) is 0 Å². The molecule has 1 aliphatic rings. The van der Waals surface area contributed by atoms with Crippen LogP contribution in [0.3, 0.4) is 0 Å². The van der Waals surface area contributed by atoms with E-state index in [0.717, 1.165) is 5.69 Å². The highest BCUT2D eigenvalue weighted by Crippen LogP contribution is 2.53. The number of allylic oxidation sites excluding steroid dienone is 4. The highest BCUT2D eigenvalue weighted by Gasteiger charge is 2.58. The maximum absolute atomic E-state index is 6.35. The lowest BCUT2D eigenvalue weighted by atomic mass is 10.0. The van der Waals surface area contributed by atoms with Crippen LogP contribution in [0.4, 0.5) is 5.69 Å². The zero-order valence-electron chi connectivity index (χ0n) is 15.2. The Hall–Kier alpha value is -1.36. The molecule has 0 radical (unpaired) electrons. The summed E-state index contributed by atoms with van der Waals surface area (Å²) in [6.07, 6.45) is 2.32. The van der Waals surface area contributed by atoms with Gasteiger partial charge in [-0.25, -0.2) is 0 Å². The van der Waals surface area contributed by atoms with E-state index in [9.17, 15) is 0 Å². The third-order valence-corrected chi connectivity index (χ3v) is 8.79. The van der Waals surface area contributed by atoms with Crippen molar-refractivity contribution in [1.29, 1.82) is 0 Å². The molecule has 4 heteroatoms. The van der Waals surface area contributed by atoms with Gasteiger partial charge in [-0.15, -0.1) is 0 Å². The SMILES string of the molecule is CCO[Si](Nc1ccccc1)(OCC)C1(C)C=C(C)C(C)=C1C. The van der Waals surface area contributed by atoms with Gasteiger partial charge in [0.05, 0.1) is 5.04 Å². The summed E-state index contributed by atoms with van der Waals surface area (Å²) in [5.41, 5.74) is 5.05. The van der Waals surface area contributed by atoms with E-state index >= 15 is 0 Å². The van der Waals surface area contributed by atoms with Gasteiger partial charge in [0.25, 0.3) is 0 Å². The first kappa shape index (κ1) is 18.0. The standard InChI is InChI=1S/C19H29NO2Si/c1-7-21-23(22-8-2,20-18-12-10-9-11-13-18)19(6)14-15(3)16(4)17(19)5/h9-14,20H,7-8H2,1-6H3. The summed E-state index contributed by atoms with van der Waals surface area (Å²) in [5.74, 6) is 0. The number of rotatable bonds is 7. The van der Waals surface area contributed by atoms with Gasteiger partial charge in [-0.05, 0) is 59.2 Å². The number of nitrogens with one attached hydrogen (secondary N) is 1. The summed E-state index contributed by atoms with van der Waals surface area (Å²) in [6, 6.07) is 10.2. The van der Waals surface area contributed by atoms with E-state index in [1.807, 2.05) is 32.0 Å². The van der Waals surface area contributed by atoms with Crippen LogP contribution in [0, 0.1) is 0 Å². The molecule has 3 nitrogen and oxygen atoms in total. The summed E-state index contributed by atoms with van der Waals surface area (Å²) in [7, 11) is -2.76. The van der Waals surface area contributed by atoms with Gasteiger partial charge in [0.2, 0.25) is 0 Å². The third kappa shape index (κ3) is 3.16. The highest BCUT2D eigenvalue weighted by atomic mass is 28.4. The van der Waals surface area contributed by atoms with E-state index in [4.69, 9.17) is 8.85 Å². The molecule has 0 aromatic heterocycles. The van der Waals surface area contributed by atoms with Crippen LogP contribution in [0.5, 0.6) is 0 Å². The zero-order chi connectivity index (χ0) is 17.1. The van der Waals surface area contributed by atoms with Gasteiger partial charge in [-0.1, -0.05) is 35.4 Å². The normalized spacial score (nSPS) is 21.6. The average molecular weight is 332 g/mol. The fraction of sp³-hybridized carbons (Fsp3) is 0.474. The number of anilines is 1. The number of hydrogen-bond donors (Lipinski definition) is 1. The van der Waals surface area contributed by atoms with Gasteiger partial charge in [0, 0.05) is 18.9 Å². The quantitative estimate of drug-likeness (QED) is 0.699. The molecule has 1 aromatic carbocycles. The van der Waals surface area contributed by atoms with Gasteiger partial charge in [-0.3, -0.25) is 0 Å². The Bertz CT molecular complexity index is 603. The Balaban J connectivity index is 2.53. The third-order valence-electron chi connectivity index (χ3n) is 4.90. The summed E-state index contributed by atoms with van der Waals surface area (Å²) in [4.78, 5) is 3.66. The number of para-hydroxylation sites is 1. The van der Waals surface area contributed by atoms with Crippen molar-refractivity contribution >= 4 is 14.4 Å². The minimum atomic E-state index is -2.76. The first-order valence-electron chi connectivity index (χ1n) is 8.39. The Labute approximate surface area is 141 Å². The maximum Gasteiger partial charge on any atom is 0.471 e. The molecule has 0 spiro atoms. The van der Waals surface area contributed by atoms with Crippen molar-refractivity contribution in [1.82, 2.24) is 0 Å². The molecule has 0 heterocycles. The van der Waals surface area contributed by atoms with Crippen LogP contribution >= 0.6 is 0 Å². The van der Waals surface area contributed by atoms with Crippen molar-refractivity contribution < 1.29 is 8.85 Å². The topological polar surface area (TPSA) is 30.5 Å². The van der Waals surface area contributed by atoms with Crippen LogP contribution in [0.1, 0.15) is 41.5 Å². The van der Waals surface area contributed by atoms with Crippen LogP contribution in [0.15, 0.2) is 53.1 Å². The lowest BCUT2D eigenvalue weighted by Crippen LogP contribution is -2.59. The van der Waals surface area contributed by atoms with Crippen molar-refractivity contribution in [3.8, 4) is 0 Å². The minimum Gasteiger partial charge on any atom is -0.378 e. The minimum absolute atomic E-state index is 0.233. The second kappa shape index (κ2) is 7.03. The van der Waals surface area contributed by atoms with Crippen molar-refractivity contribution in [2.24, 2.45) is 0 Å². The van der Waals surface area contributed by atoms with Crippen molar-refractivity contribution in [3.63, 3.8) is 0 Å². The van der Waals surface area contributed by atoms with Gasteiger partial charge in [0.15, 0.2) is 0 Å². The molecule has 1 unspecified atom stereocenters. The molecular formula is C19H29NO2Si. The van der Waals surface area contributed by atoms with Crippen molar-refractivity contribution in [2.45, 2.75) is 46.6 Å². The summed E-state index contributed by atoms with van der Waals surface area (Å²) < 4.78 is 12.7. The van der Waals surface area contributed by atoms with Crippen LogP contribution < -0.4 is 4.98 Å². The number of benzene rings is 1. The molecule has 1 aliphatic carbocycles. The molecule has 0 saturated heterocycles. The first-order valence-corrected chi connectivity index (χ1v) is 10.2. The largest absolute Gasteiger partial charge is 0.471 e. The lowest BCUT2D eigenvalue weighted by Gasteiger charge is -2.42. The highest BCUT2D eigenvalue weighted by molar-refractivity contribution is 6.75. The Kier molecular flexibility index (Phi) is 5.50. The Morgan fingerprint density at radius 3 is 2.00 bits per heavy atom. The average Bonchev–Trinajstić information content (AvgIpc) is 2.73. The number of hydrogen-bond acceptors (Lipinski definition) is 3. The molecule has 0 saturated carbocycles. The second-order valence-corrected chi connectivity index (χ2v) is 9.35. The summed E-state index contributed by atoms with van der Waals surface area (Å²) >= 11 is 0. The van der Waals surface area contributed by atoms with Crippen LogP contribution in [-0.2, 0) is 8.85 Å². The predicted octanol–water partition coefficient (Wildman–Crippen LogP) is 5.17. The molecule has 126 valence electrons. The van der Waals surface area contributed by atoms with E-state index in [2.05, 4.69) is 50.9 Å². The maximum atomic E-state index is 6.35. The van der Waals surface area contributed by atoms with E-state index < -0.39 is 8.72 Å². The molecule has 1 atom stereocenters. The van der Waals surface area contributed by atoms with Crippen LogP contribution in [-0.4, -0.2) is 21.9 Å².